The van der Waals surface area contributed by atoms with Crippen LogP contribution in [0.4, 0.5) is 9.18 Å². The minimum atomic E-state index is -0.386. The average Bonchev–Trinajstić information content (AvgIpc) is 3.98. The van der Waals surface area contributed by atoms with Crippen LogP contribution in [0.25, 0.3) is 21.7 Å². The van der Waals surface area contributed by atoms with Crippen molar-refractivity contribution in [1.82, 2.24) is 10.3 Å². The van der Waals surface area contributed by atoms with E-state index >= 15 is 0 Å². The monoisotopic (exact) mass is 770 g/mol. The Labute approximate surface area is 334 Å². The molecule has 1 aliphatic rings. The normalized spacial score (nSPS) is 13.2. The molecule has 1 amide bonds. The number of pyridine rings is 1. The van der Waals surface area contributed by atoms with Gasteiger partial charge in [0, 0.05) is 17.1 Å². The topological polar surface area (TPSA) is 96.0 Å². The van der Waals surface area contributed by atoms with Crippen molar-refractivity contribution < 1.29 is 32.9 Å². The highest BCUT2D eigenvalue weighted by Gasteiger charge is 2.46. The molecular formula is C47H63FN2O6. The Morgan fingerprint density at radius 1 is 0.982 bits per heavy atom. The predicted octanol–water partition coefficient (Wildman–Crippen LogP) is 12.9. The first-order chi connectivity index (χ1) is 27.1. The molecule has 0 spiro atoms. The van der Waals surface area contributed by atoms with Gasteiger partial charge in [-0.05, 0) is 122 Å². The Kier molecular flexibility index (Phi) is 20.4. The van der Waals surface area contributed by atoms with Crippen molar-refractivity contribution in [2.45, 2.75) is 99.0 Å². The maximum Gasteiger partial charge on any atom is 0.407 e. The summed E-state index contributed by atoms with van der Waals surface area (Å²) in [5, 5.41) is 5.67. The van der Waals surface area contributed by atoms with Gasteiger partial charge in [0.15, 0.2) is 0 Å². The second kappa shape index (κ2) is 24.4. The number of allylic oxidation sites excluding steroid dienone is 3. The zero-order valence-electron chi connectivity index (χ0n) is 35.2. The van der Waals surface area contributed by atoms with Crippen molar-refractivity contribution in [2.75, 3.05) is 27.5 Å². The molecular weight excluding hydrogens is 708 g/mol. The van der Waals surface area contributed by atoms with Crippen LogP contribution in [0.2, 0.25) is 0 Å². The van der Waals surface area contributed by atoms with Crippen LogP contribution in [0, 0.1) is 5.92 Å². The maximum atomic E-state index is 12.8. The van der Waals surface area contributed by atoms with E-state index in [9.17, 15) is 14.0 Å². The number of alkyl halides is 1. The molecule has 1 aliphatic carbocycles. The molecule has 0 radical (unpaired) electrons. The lowest BCUT2D eigenvalue weighted by molar-refractivity contribution is 0.0528. The zero-order valence-corrected chi connectivity index (χ0v) is 35.2. The van der Waals surface area contributed by atoms with Gasteiger partial charge in [0.2, 0.25) is 0 Å². The highest BCUT2D eigenvalue weighted by atomic mass is 19.1. The van der Waals surface area contributed by atoms with Gasteiger partial charge in [0.05, 0.1) is 32.0 Å². The number of hydrogen-bond acceptors (Lipinski definition) is 7. The first-order valence-corrected chi connectivity index (χ1v) is 19.7. The molecule has 1 saturated carbocycles. The Bertz CT molecular complexity index is 1910. The molecule has 1 fully saturated rings. The van der Waals surface area contributed by atoms with Crippen LogP contribution in [0.15, 0.2) is 97.3 Å². The van der Waals surface area contributed by atoms with Gasteiger partial charge in [-0.25, -0.2) is 9.59 Å². The minimum Gasteiger partial charge on any atom is -0.496 e. The van der Waals surface area contributed by atoms with Crippen LogP contribution in [0.5, 0.6) is 17.2 Å². The van der Waals surface area contributed by atoms with Crippen LogP contribution in [0.1, 0.15) is 109 Å². The molecule has 1 unspecified atom stereocenters. The molecule has 9 heteroatoms. The number of methoxy groups -OCH3 is 1. The third-order valence-electron chi connectivity index (χ3n) is 9.11. The van der Waals surface area contributed by atoms with Crippen molar-refractivity contribution in [2.24, 2.45) is 5.92 Å². The van der Waals surface area contributed by atoms with Crippen molar-refractivity contribution in [3.63, 3.8) is 0 Å². The summed E-state index contributed by atoms with van der Waals surface area (Å²) < 4.78 is 32.6. The van der Waals surface area contributed by atoms with E-state index in [4.69, 9.17) is 18.9 Å². The summed E-state index contributed by atoms with van der Waals surface area (Å²) in [5.41, 5.74) is 3.05. The van der Waals surface area contributed by atoms with E-state index in [1.165, 1.54) is 0 Å². The smallest absolute Gasteiger partial charge is 0.407 e. The number of alkyl carbamates (subject to hydrolysis) is 1. The summed E-state index contributed by atoms with van der Waals surface area (Å²) in [5.74, 6) is 2.47. The third kappa shape index (κ3) is 13.5. The summed E-state index contributed by atoms with van der Waals surface area (Å²) in [6.07, 6.45) is 13.6. The summed E-state index contributed by atoms with van der Waals surface area (Å²) in [4.78, 5) is 29.9. The van der Waals surface area contributed by atoms with E-state index in [1.807, 2.05) is 81.5 Å². The number of fused-ring (bicyclic) bond motifs is 2. The van der Waals surface area contributed by atoms with E-state index in [-0.39, 0.29) is 30.1 Å². The molecule has 8 nitrogen and oxygen atoms in total. The van der Waals surface area contributed by atoms with Crippen LogP contribution in [0.3, 0.4) is 0 Å². The van der Waals surface area contributed by atoms with Gasteiger partial charge in [-0.15, -0.1) is 6.58 Å². The number of carbonyl (C=O) groups is 2. The van der Waals surface area contributed by atoms with E-state index in [1.54, 1.807) is 26.3 Å². The Morgan fingerprint density at radius 3 is 2.29 bits per heavy atom. The van der Waals surface area contributed by atoms with Crippen molar-refractivity contribution >= 4 is 33.7 Å². The molecule has 0 saturated heterocycles. The Morgan fingerprint density at radius 2 is 1.70 bits per heavy atom. The van der Waals surface area contributed by atoms with Crippen molar-refractivity contribution in [3.8, 4) is 17.2 Å². The number of ether oxygens (including phenoxy) is 4. The van der Waals surface area contributed by atoms with Crippen LogP contribution in [-0.4, -0.2) is 50.1 Å². The first kappa shape index (κ1) is 47.0. The number of aromatic nitrogens is 1. The number of nitrogens with zero attached hydrogens (tertiary/aromatic N) is 1. The van der Waals surface area contributed by atoms with Crippen LogP contribution in [-0.2, 0) is 9.47 Å². The quantitative estimate of drug-likeness (QED) is 0.0730. The van der Waals surface area contributed by atoms with E-state index in [0.29, 0.717) is 36.8 Å². The zero-order chi connectivity index (χ0) is 41.7. The van der Waals surface area contributed by atoms with Gasteiger partial charge in [0.1, 0.15) is 23.9 Å². The van der Waals surface area contributed by atoms with Crippen LogP contribution >= 0.6 is 0 Å². The van der Waals surface area contributed by atoms with Gasteiger partial charge in [-0.2, -0.15) is 0 Å². The molecule has 5 rings (SSSR count). The Hall–Kier alpha value is -5.18. The fourth-order valence-electron chi connectivity index (χ4n) is 6.12. The van der Waals surface area contributed by atoms with Crippen molar-refractivity contribution in [3.05, 3.63) is 108 Å². The summed E-state index contributed by atoms with van der Waals surface area (Å²) in [7, 11) is 2.17. The molecule has 1 atom stereocenters. The van der Waals surface area contributed by atoms with E-state index < -0.39 is 0 Å². The standard InChI is InChI=1S/C39H44N2O6.C5H10.C2H6.CH3F/c1-6-11-26(12-7-2)25-46-38(43)41-39(18-19-39)24-27(8-3)32-22-34-33(23-36(32)44-5)35(17-20-40-34)47-29-15-16-30-28(21-29)13-10-14-31(30)37(42)45-9-4;1-4-5(2)3;2*1-2/h6,10-17,20-23,27H,7-9,18-19,24-25H2,1-5H3,(H,41,43);4-5H,1H2,2-3H3;1-2H3;1H3/b11-6-,26-12+;;;. The van der Waals surface area contributed by atoms with E-state index in [0.717, 1.165) is 70.7 Å². The number of rotatable bonds is 15. The number of esters is 1. The molecule has 304 valence electrons. The molecule has 3 aromatic carbocycles. The minimum absolute atomic E-state index is 0.135. The first-order valence-electron chi connectivity index (χ1n) is 19.7. The number of carbonyl (C=O) groups excluding carboxylic acids is 2. The van der Waals surface area contributed by atoms with Crippen molar-refractivity contribution in [1.29, 1.82) is 0 Å². The average molecular weight is 771 g/mol. The summed E-state index contributed by atoms with van der Waals surface area (Å²) in [6, 6.07) is 17.1. The molecule has 0 bridgehead atoms. The second-order valence-corrected chi connectivity index (χ2v) is 13.4. The number of amides is 1. The largest absolute Gasteiger partial charge is 0.496 e. The summed E-state index contributed by atoms with van der Waals surface area (Å²) in [6.45, 7) is 20.3. The molecule has 1 heterocycles. The number of nitrogens with one attached hydrogen (secondary N) is 1. The van der Waals surface area contributed by atoms with Gasteiger partial charge in [-0.1, -0.05) is 78.0 Å². The highest BCUT2D eigenvalue weighted by molar-refractivity contribution is 6.04. The molecule has 56 heavy (non-hydrogen) atoms. The summed E-state index contributed by atoms with van der Waals surface area (Å²) >= 11 is 0. The lowest BCUT2D eigenvalue weighted by Crippen LogP contribution is -2.38. The number of hydrogen-bond donors (Lipinski definition) is 1. The van der Waals surface area contributed by atoms with Gasteiger partial charge >= 0.3 is 12.1 Å². The molecule has 0 aliphatic heterocycles. The van der Waals surface area contributed by atoms with Gasteiger partial charge in [0.25, 0.3) is 0 Å². The number of halogens is 1. The SMILES string of the molecule is C/C=C\C(=C/CC)COC(=O)NC1(CC(CC)c2cc3nccc(Oc4ccc5c(C(=O)OCC)cccc5c4)c3cc2OC)CC1.C=CC(C)C.CC.CF. The van der Waals surface area contributed by atoms with Gasteiger partial charge in [-0.3, -0.25) is 9.37 Å². The predicted molar refractivity (Wildman–Crippen MR) is 229 cm³/mol. The number of benzene rings is 3. The fraction of sp³-hybridized carbons (Fsp3) is 0.426. The lowest BCUT2D eigenvalue weighted by atomic mass is 9.87. The second-order valence-electron chi connectivity index (χ2n) is 13.4. The highest BCUT2D eigenvalue weighted by Crippen LogP contribution is 2.47. The fourth-order valence-corrected chi connectivity index (χ4v) is 6.12. The molecule has 1 aromatic heterocycles. The molecule has 1 N–H and O–H groups in total. The maximum absolute atomic E-state index is 12.8. The van der Waals surface area contributed by atoms with Crippen LogP contribution < -0.4 is 14.8 Å². The Balaban J connectivity index is 0.00000110. The third-order valence-corrected chi connectivity index (χ3v) is 9.11. The van der Waals surface area contributed by atoms with Gasteiger partial charge < -0.3 is 24.3 Å². The van der Waals surface area contributed by atoms with E-state index in [2.05, 4.69) is 56.7 Å². The lowest BCUT2D eigenvalue weighted by Gasteiger charge is -2.25. The molecule has 4 aromatic rings.